The fourth-order valence-corrected chi connectivity index (χ4v) is 7.88. The number of carboxylic acid groups (broad SMARTS) is 2. The van der Waals surface area contributed by atoms with Gasteiger partial charge in [-0.3, -0.25) is 4.57 Å². The van der Waals surface area contributed by atoms with E-state index in [1.165, 1.54) is 35.8 Å². The zero-order valence-corrected chi connectivity index (χ0v) is 22.0. The molecule has 14 heteroatoms. The van der Waals surface area contributed by atoms with Crippen molar-refractivity contribution in [3.8, 4) is 0 Å². The number of nitrogen functional groups attached to an aromatic ring is 1. The normalized spacial score (nSPS) is 15.3. The minimum atomic E-state index is -3.94. The van der Waals surface area contributed by atoms with Crippen LogP contribution in [-0.2, 0) is 25.4 Å². The van der Waals surface area contributed by atoms with Gasteiger partial charge in [0.05, 0.1) is 43.0 Å². The van der Waals surface area contributed by atoms with Crippen molar-refractivity contribution in [1.82, 2.24) is 28.9 Å². The molecule has 0 aliphatic heterocycles. The lowest BCUT2D eigenvalue weighted by Crippen LogP contribution is -2.55. The lowest BCUT2D eigenvalue weighted by Gasteiger charge is -2.48. The van der Waals surface area contributed by atoms with Crippen LogP contribution in [0.2, 0.25) is 0 Å². The number of rotatable bonds is 13. The molecule has 0 saturated carbocycles. The van der Waals surface area contributed by atoms with Gasteiger partial charge in [0.25, 0.3) is 0 Å². The Labute approximate surface area is 204 Å². The number of ether oxygens (including phenoxy) is 1. The number of aliphatic carboxylic acids is 2. The molecule has 0 fully saturated rings. The highest BCUT2D eigenvalue weighted by Gasteiger charge is 2.45. The van der Waals surface area contributed by atoms with Gasteiger partial charge < -0.3 is 34.8 Å². The van der Waals surface area contributed by atoms with E-state index in [0.717, 1.165) is 0 Å². The van der Waals surface area contributed by atoms with Gasteiger partial charge in [0.15, 0.2) is 11.5 Å². The molecule has 3 atom stereocenters. The Bertz CT molecular complexity index is 1060. The van der Waals surface area contributed by atoms with Crippen LogP contribution in [0.5, 0.6) is 0 Å². The molecule has 196 valence electrons. The van der Waals surface area contributed by atoms with E-state index in [-0.39, 0.29) is 12.4 Å². The second-order valence-corrected chi connectivity index (χ2v) is 11.5. The minimum Gasteiger partial charge on any atom is -0.548 e. The Kier molecular flexibility index (Phi) is 9.35. The first-order valence-electron chi connectivity index (χ1n) is 11.3. The molecule has 0 aliphatic rings. The van der Waals surface area contributed by atoms with Crippen LogP contribution in [0.1, 0.15) is 48.5 Å². The van der Waals surface area contributed by atoms with Crippen LogP contribution in [0.15, 0.2) is 12.7 Å². The maximum absolute atomic E-state index is 14.6. The van der Waals surface area contributed by atoms with Crippen molar-refractivity contribution >= 4 is 36.4 Å². The Balaban J connectivity index is 2.42. The highest BCUT2D eigenvalue weighted by atomic mass is 31.2. The third kappa shape index (κ3) is 6.16. The molecular formula is C21H34N7O6P-2. The number of hydrogen-bond acceptors (Lipinski definition) is 10. The van der Waals surface area contributed by atoms with Crippen molar-refractivity contribution in [2.45, 2.75) is 85.3 Å². The van der Waals surface area contributed by atoms with Gasteiger partial charge in [0, 0.05) is 12.1 Å². The molecule has 35 heavy (non-hydrogen) atoms. The number of carboxylic acids is 2. The third-order valence-electron chi connectivity index (χ3n) is 5.67. The molecule has 2 rings (SSSR count). The Hall–Kier alpha value is -2.60. The Morgan fingerprint density at radius 2 is 1.51 bits per heavy atom. The summed E-state index contributed by atoms with van der Waals surface area (Å²) in [7, 11) is -3.94. The molecular weight excluding hydrogens is 477 g/mol. The summed E-state index contributed by atoms with van der Waals surface area (Å²) < 4.78 is 24.9. The maximum atomic E-state index is 14.6. The van der Waals surface area contributed by atoms with Crippen molar-refractivity contribution < 1.29 is 29.1 Å². The first-order valence-corrected chi connectivity index (χ1v) is 13.1. The second-order valence-electron chi connectivity index (χ2n) is 9.04. The number of carbonyl (C=O) groups excluding carboxylic acids is 2. The van der Waals surface area contributed by atoms with Crippen molar-refractivity contribution in [1.29, 1.82) is 0 Å². The topological polar surface area (TPSA) is 183 Å². The smallest absolute Gasteiger partial charge is 0.243 e. The summed E-state index contributed by atoms with van der Waals surface area (Å²) >= 11 is 0. The van der Waals surface area contributed by atoms with E-state index in [1.54, 1.807) is 39.2 Å². The quantitative estimate of drug-likeness (QED) is 0.346. The first kappa shape index (κ1) is 28.6. The molecule has 0 amide bonds. The zero-order chi connectivity index (χ0) is 26.7. The highest BCUT2D eigenvalue weighted by molar-refractivity contribution is 7.59. The van der Waals surface area contributed by atoms with Crippen LogP contribution in [0.4, 0.5) is 5.82 Å². The van der Waals surface area contributed by atoms with Crippen LogP contribution in [-0.4, -0.2) is 77.4 Å². The summed E-state index contributed by atoms with van der Waals surface area (Å²) in [6.07, 6.45) is 1.89. The fraction of sp³-hybridized carbons (Fsp3) is 0.667. The van der Waals surface area contributed by atoms with Gasteiger partial charge in [-0.15, -0.1) is 0 Å². The average Bonchev–Trinajstić information content (AvgIpc) is 3.15. The van der Waals surface area contributed by atoms with Gasteiger partial charge in [-0.25, -0.2) is 24.3 Å². The van der Waals surface area contributed by atoms with Crippen molar-refractivity contribution in [2.24, 2.45) is 0 Å². The molecule has 0 bridgehead atoms. The third-order valence-corrected chi connectivity index (χ3v) is 9.21. The summed E-state index contributed by atoms with van der Waals surface area (Å²) in [5, 5.41) is 23.6. The number of anilines is 1. The minimum absolute atomic E-state index is 0.236. The highest BCUT2D eigenvalue weighted by Crippen LogP contribution is 2.57. The number of nitrogens with zero attached hydrogens (tertiary/aromatic N) is 6. The summed E-state index contributed by atoms with van der Waals surface area (Å²) in [4.78, 5) is 35.9. The molecule has 2 aromatic heterocycles. The number of nitrogens with two attached hydrogens (primary N) is 1. The lowest BCUT2D eigenvalue weighted by atomic mass is 10.3. The van der Waals surface area contributed by atoms with Gasteiger partial charge in [-0.1, -0.05) is 0 Å². The largest absolute Gasteiger partial charge is 0.548 e. The van der Waals surface area contributed by atoms with Gasteiger partial charge in [0.2, 0.25) is 7.44 Å². The molecule has 2 heterocycles. The molecule has 0 saturated heterocycles. The van der Waals surface area contributed by atoms with Gasteiger partial charge >= 0.3 is 0 Å². The van der Waals surface area contributed by atoms with E-state index in [2.05, 4.69) is 15.0 Å². The second kappa shape index (κ2) is 11.4. The molecule has 13 nitrogen and oxygen atoms in total. The maximum Gasteiger partial charge on any atom is 0.243 e. The van der Waals surface area contributed by atoms with Gasteiger partial charge in [0.1, 0.15) is 18.2 Å². The van der Waals surface area contributed by atoms with Crippen LogP contribution in [0.25, 0.3) is 11.2 Å². The molecule has 0 aliphatic carbocycles. The van der Waals surface area contributed by atoms with E-state index in [4.69, 9.17) is 10.5 Å². The molecule has 0 radical (unpaired) electrons. The predicted octanol–water partition coefficient (Wildman–Crippen LogP) is -0.338. The van der Waals surface area contributed by atoms with E-state index < -0.39 is 56.0 Å². The van der Waals surface area contributed by atoms with Crippen LogP contribution >= 0.6 is 7.44 Å². The van der Waals surface area contributed by atoms with E-state index in [0.29, 0.717) is 11.2 Å². The summed E-state index contributed by atoms with van der Waals surface area (Å²) in [6.45, 7) is 11.4. The Morgan fingerprint density at radius 3 is 1.97 bits per heavy atom. The van der Waals surface area contributed by atoms with E-state index in [1.807, 2.05) is 0 Å². The first-order chi connectivity index (χ1) is 16.2. The molecule has 0 aromatic carbocycles. The van der Waals surface area contributed by atoms with Crippen molar-refractivity contribution in [3.05, 3.63) is 12.7 Å². The predicted molar refractivity (Wildman–Crippen MR) is 126 cm³/mol. The molecule has 2 N–H and O–H groups in total. The monoisotopic (exact) mass is 511 g/mol. The number of fused-ring (bicyclic) bond motifs is 1. The molecule has 2 aromatic rings. The van der Waals surface area contributed by atoms with Crippen molar-refractivity contribution in [3.63, 3.8) is 0 Å². The zero-order valence-electron chi connectivity index (χ0n) is 21.1. The SMILES string of the molecule is CC(C)N([C@@H](C)C(=O)[O-])P(=O)(CO[C@H](C)Cn1cnc2c(N)ncnc21)N(C(C)C)[C@@H](C)C(=O)[O-]. The van der Waals surface area contributed by atoms with Crippen LogP contribution < -0.4 is 15.9 Å². The lowest BCUT2D eigenvalue weighted by molar-refractivity contribution is -0.310. The fourth-order valence-electron chi connectivity index (χ4n) is 4.21. The van der Waals surface area contributed by atoms with Crippen LogP contribution in [0.3, 0.4) is 0 Å². The summed E-state index contributed by atoms with van der Waals surface area (Å²) in [6, 6.07) is -3.60. The standard InChI is InChI=1S/C21H36N7O6P/c1-12(2)27(15(6)20(29)30)35(33,28(13(3)4)16(7)21(31)32)11-34-14(5)8-26-10-25-17-18(22)23-9-24-19(17)26/h9-10,12-16H,8,11H2,1-7H3,(H,29,30)(H,31,32)(H2,22,23,24)/p-2/t14-,15+,16+/m1/s1. The number of hydrogen-bond donors (Lipinski definition) is 1. The van der Waals surface area contributed by atoms with E-state index >= 15 is 0 Å². The number of imidazole rings is 1. The number of aromatic nitrogens is 4. The Morgan fingerprint density at radius 1 is 1.00 bits per heavy atom. The van der Waals surface area contributed by atoms with E-state index in [9.17, 15) is 24.4 Å². The van der Waals surface area contributed by atoms with Crippen molar-refractivity contribution in [2.75, 3.05) is 12.1 Å². The summed E-state index contributed by atoms with van der Waals surface area (Å²) in [5.74, 6) is -2.63. The number of carbonyl (C=O) groups is 2. The average molecular weight is 512 g/mol. The summed E-state index contributed by atoms with van der Waals surface area (Å²) in [5.41, 5.74) is 6.77. The van der Waals surface area contributed by atoms with Gasteiger partial charge in [-0.05, 0) is 48.5 Å². The van der Waals surface area contributed by atoms with Gasteiger partial charge in [-0.2, -0.15) is 0 Å². The van der Waals surface area contributed by atoms with Crippen LogP contribution in [0, 0.1) is 0 Å². The molecule has 0 unspecified atom stereocenters. The molecule has 0 spiro atoms.